The number of rotatable bonds is 6. The van der Waals surface area contributed by atoms with Crippen LogP contribution in [0.3, 0.4) is 0 Å². The van der Waals surface area contributed by atoms with Crippen molar-refractivity contribution in [3.8, 4) is 27.9 Å². The van der Waals surface area contributed by atoms with Gasteiger partial charge < -0.3 is 13.9 Å². The maximum absolute atomic E-state index is 6.24. The summed E-state index contributed by atoms with van der Waals surface area (Å²) >= 11 is 0. The molecule has 1 aliphatic carbocycles. The summed E-state index contributed by atoms with van der Waals surface area (Å²) in [4.78, 5) is 2.37. The Morgan fingerprint density at radius 1 is 0.474 bits per heavy atom. The molecule has 2 aromatic heterocycles. The summed E-state index contributed by atoms with van der Waals surface area (Å²) < 4.78 is 8.75. The normalized spacial score (nSPS) is 15.3. The first-order valence-electron chi connectivity index (χ1n) is 19.8. The van der Waals surface area contributed by atoms with Crippen LogP contribution in [0.15, 0.2) is 205 Å². The summed E-state index contributed by atoms with van der Waals surface area (Å²) in [5.74, 6) is 0.475. The Hall–Kier alpha value is -7.36. The Labute approximate surface area is 331 Å². The maximum Gasteiger partial charge on any atom is 0.136 e. The highest BCUT2D eigenvalue weighted by atomic mass is 16.3. The van der Waals surface area contributed by atoms with Crippen molar-refractivity contribution in [2.75, 3.05) is 4.90 Å². The Balaban J connectivity index is 0.943. The van der Waals surface area contributed by atoms with Crippen LogP contribution < -0.4 is 4.90 Å². The zero-order chi connectivity index (χ0) is 37.5. The van der Waals surface area contributed by atoms with Crippen molar-refractivity contribution in [2.45, 2.75) is 11.8 Å². The Morgan fingerprint density at radius 3 is 1.88 bits per heavy atom. The van der Waals surface area contributed by atoms with Crippen LogP contribution in [0.2, 0.25) is 0 Å². The average molecular weight is 729 g/mol. The Bertz CT molecular complexity index is 3170. The highest BCUT2D eigenvalue weighted by molar-refractivity contribution is 6.12. The number of hydrogen-bond donors (Lipinski definition) is 0. The van der Waals surface area contributed by atoms with E-state index in [9.17, 15) is 0 Å². The molecule has 1 aliphatic heterocycles. The van der Waals surface area contributed by atoms with E-state index in [1.807, 2.05) is 12.1 Å². The van der Waals surface area contributed by atoms with Crippen molar-refractivity contribution < 1.29 is 4.42 Å². The first kappa shape index (κ1) is 31.9. The van der Waals surface area contributed by atoms with Crippen molar-refractivity contribution in [1.29, 1.82) is 0 Å². The van der Waals surface area contributed by atoms with Crippen molar-refractivity contribution in [3.05, 3.63) is 223 Å². The van der Waals surface area contributed by atoms with Gasteiger partial charge in [-0.15, -0.1) is 0 Å². The molecule has 0 bridgehead atoms. The van der Waals surface area contributed by atoms with Gasteiger partial charge in [0.15, 0.2) is 0 Å². The van der Waals surface area contributed by atoms with Crippen LogP contribution in [0.5, 0.6) is 0 Å². The largest absolute Gasteiger partial charge is 0.456 e. The number of furan rings is 1. The SMILES string of the molecule is C1=CC(c2ccc(N(c3ccc(-c4ccccc4)cc3)c3ccc(-c4cccc5oc6ccccc6c45)cc3)cc2)C2c3ccccc3-n3c2c1c1ccccc13. The molecular formula is C54H36N2O. The van der Waals surface area contributed by atoms with Crippen molar-refractivity contribution in [3.63, 3.8) is 0 Å². The molecule has 12 rings (SSSR count). The minimum Gasteiger partial charge on any atom is -0.456 e. The van der Waals surface area contributed by atoms with Gasteiger partial charge in [0.25, 0.3) is 0 Å². The van der Waals surface area contributed by atoms with Gasteiger partial charge >= 0.3 is 0 Å². The molecule has 268 valence electrons. The summed E-state index contributed by atoms with van der Waals surface area (Å²) in [5.41, 5.74) is 17.9. The molecular weight excluding hydrogens is 693 g/mol. The molecule has 57 heavy (non-hydrogen) atoms. The van der Waals surface area contributed by atoms with Crippen LogP contribution in [-0.2, 0) is 0 Å². The molecule has 2 atom stereocenters. The molecule has 2 aliphatic rings. The monoisotopic (exact) mass is 728 g/mol. The van der Waals surface area contributed by atoms with Gasteiger partial charge in [-0.2, -0.15) is 0 Å². The molecule has 0 fully saturated rings. The fourth-order valence-corrected chi connectivity index (χ4v) is 9.64. The third kappa shape index (κ3) is 4.92. The molecule has 0 spiro atoms. The lowest BCUT2D eigenvalue weighted by atomic mass is 9.76. The molecule has 0 saturated carbocycles. The Kier molecular flexibility index (Phi) is 7.05. The number of benzene rings is 8. The van der Waals surface area contributed by atoms with Gasteiger partial charge in [-0.1, -0.05) is 146 Å². The predicted molar refractivity (Wildman–Crippen MR) is 236 cm³/mol. The van der Waals surface area contributed by atoms with E-state index in [4.69, 9.17) is 4.42 Å². The van der Waals surface area contributed by atoms with Crippen LogP contribution >= 0.6 is 0 Å². The van der Waals surface area contributed by atoms with Gasteiger partial charge in [0.05, 0.1) is 5.52 Å². The summed E-state index contributed by atoms with van der Waals surface area (Å²) in [6, 6.07) is 70.2. The topological polar surface area (TPSA) is 21.3 Å². The lowest BCUT2D eigenvalue weighted by molar-refractivity contribution is 0.669. The summed E-state index contributed by atoms with van der Waals surface area (Å²) in [6.07, 6.45) is 4.80. The standard InChI is InChI=1S/C54H36N2O/c1-2-11-35(12-3-1)36-21-27-39(28-22-36)55(40-29-23-37(24-30-40)42-16-10-20-51-52(42)47-15-6-9-19-50(47)57-51)41-31-25-38(26-32-41)43-33-34-45-44-13-4-7-17-48(44)56-49-18-8-5-14-46(49)53(43)54(45)56/h1-34,43,53H. The first-order valence-corrected chi connectivity index (χ1v) is 19.8. The summed E-state index contributed by atoms with van der Waals surface area (Å²) in [6.45, 7) is 0. The molecule has 0 radical (unpaired) electrons. The van der Waals surface area contributed by atoms with E-state index in [0.717, 1.165) is 44.6 Å². The van der Waals surface area contributed by atoms with E-state index in [0.29, 0.717) is 0 Å². The Morgan fingerprint density at radius 2 is 1.09 bits per heavy atom. The molecule has 8 aromatic carbocycles. The lowest BCUT2D eigenvalue weighted by Gasteiger charge is -2.28. The number of aromatic nitrogens is 1. The minimum atomic E-state index is 0.220. The second-order valence-corrected chi connectivity index (χ2v) is 15.2. The number of anilines is 3. The predicted octanol–water partition coefficient (Wildman–Crippen LogP) is 14.6. The number of fused-ring (bicyclic) bond motifs is 9. The first-order chi connectivity index (χ1) is 28.3. The highest BCUT2D eigenvalue weighted by Crippen LogP contribution is 2.54. The lowest BCUT2D eigenvalue weighted by Crippen LogP contribution is -2.14. The van der Waals surface area contributed by atoms with Gasteiger partial charge in [-0.25, -0.2) is 0 Å². The van der Waals surface area contributed by atoms with E-state index in [1.165, 1.54) is 55.7 Å². The van der Waals surface area contributed by atoms with E-state index < -0.39 is 0 Å². The number of hydrogen-bond acceptors (Lipinski definition) is 2. The van der Waals surface area contributed by atoms with Crippen LogP contribution in [0.4, 0.5) is 17.1 Å². The van der Waals surface area contributed by atoms with E-state index in [-0.39, 0.29) is 11.8 Å². The zero-order valence-corrected chi connectivity index (χ0v) is 31.1. The van der Waals surface area contributed by atoms with E-state index in [1.54, 1.807) is 0 Å². The molecule has 0 saturated heterocycles. The number of nitrogens with zero attached hydrogens (tertiary/aromatic N) is 2. The summed E-state index contributed by atoms with van der Waals surface area (Å²) in [7, 11) is 0. The van der Waals surface area contributed by atoms with Crippen LogP contribution in [-0.4, -0.2) is 4.57 Å². The van der Waals surface area contributed by atoms with Crippen LogP contribution in [0, 0.1) is 0 Å². The zero-order valence-electron chi connectivity index (χ0n) is 31.1. The van der Waals surface area contributed by atoms with Crippen molar-refractivity contribution >= 4 is 56.0 Å². The molecule has 3 nitrogen and oxygen atoms in total. The third-order valence-corrected chi connectivity index (χ3v) is 12.2. The number of allylic oxidation sites excluding steroid dienone is 1. The summed E-state index contributed by atoms with van der Waals surface area (Å²) in [5, 5.41) is 3.62. The average Bonchev–Trinajstić information content (AvgIpc) is 3.95. The second kappa shape index (κ2) is 12.6. The van der Waals surface area contributed by atoms with Gasteiger partial charge in [0, 0.05) is 62.0 Å². The van der Waals surface area contributed by atoms with Crippen LogP contribution in [0.25, 0.3) is 66.9 Å². The van der Waals surface area contributed by atoms with Crippen LogP contribution in [0.1, 0.15) is 34.2 Å². The highest BCUT2D eigenvalue weighted by Gasteiger charge is 2.40. The fourth-order valence-electron chi connectivity index (χ4n) is 9.64. The van der Waals surface area contributed by atoms with Crippen molar-refractivity contribution in [2.24, 2.45) is 0 Å². The fraction of sp³-hybridized carbons (Fsp3) is 0.0370. The van der Waals surface area contributed by atoms with E-state index >= 15 is 0 Å². The number of para-hydroxylation sites is 3. The second-order valence-electron chi connectivity index (χ2n) is 15.2. The smallest absolute Gasteiger partial charge is 0.136 e. The quantitative estimate of drug-likeness (QED) is 0.170. The van der Waals surface area contributed by atoms with Crippen molar-refractivity contribution in [1.82, 2.24) is 4.57 Å². The molecule has 3 heterocycles. The molecule has 2 unspecified atom stereocenters. The van der Waals surface area contributed by atoms with Gasteiger partial charge in [0.2, 0.25) is 0 Å². The molecule has 0 N–H and O–H groups in total. The van der Waals surface area contributed by atoms with E-state index in [2.05, 4.69) is 204 Å². The molecule has 3 heteroatoms. The maximum atomic E-state index is 6.24. The van der Waals surface area contributed by atoms with Gasteiger partial charge in [0.1, 0.15) is 11.2 Å². The van der Waals surface area contributed by atoms with Gasteiger partial charge in [-0.3, -0.25) is 0 Å². The third-order valence-electron chi connectivity index (χ3n) is 12.2. The van der Waals surface area contributed by atoms with Gasteiger partial charge in [-0.05, 0) is 94.0 Å². The molecule has 10 aromatic rings. The minimum absolute atomic E-state index is 0.220. The molecule has 0 amide bonds.